The van der Waals surface area contributed by atoms with Gasteiger partial charge in [-0.1, -0.05) is 37.1 Å². The van der Waals surface area contributed by atoms with E-state index in [9.17, 15) is 5.11 Å². The van der Waals surface area contributed by atoms with E-state index in [1.54, 1.807) is 16.9 Å². The summed E-state index contributed by atoms with van der Waals surface area (Å²) in [7, 11) is 0. The Labute approximate surface area is 157 Å². The van der Waals surface area contributed by atoms with Gasteiger partial charge < -0.3 is 15.5 Å². The maximum absolute atomic E-state index is 9.46. The summed E-state index contributed by atoms with van der Waals surface area (Å²) in [4.78, 5) is 1.59. The quantitative estimate of drug-likeness (QED) is 0.564. The Morgan fingerprint density at radius 2 is 1.85 bits per heavy atom. The summed E-state index contributed by atoms with van der Waals surface area (Å²) in [5.74, 6) is 0. The molecule has 1 aromatic heterocycles. The van der Waals surface area contributed by atoms with Crippen LogP contribution in [0.15, 0.2) is 36.4 Å². The largest absolute Gasteiger partial charge is 0.394 e. The molecule has 3 rings (SSSR count). The standard InChI is InChI=1S/C19H23ClN4O2/c1-2-3-4-13-5-7-14(8-6-13)24-22-18-9-16(20)17(10-19(18)23-24)21-11-15(26)12-25/h5-10,15,21,25-26H,2-4,11-12H2,1H3. The molecule has 0 bridgehead atoms. The van der Waals surface area contributed by atoms with E-state index in [1.807, 2.05) is 12.1 Å². The number of nitrogens with one attached hydrogen (secondary N) is 1. The molecule has 2 aromatic carbocycles. The highest BCUT2D eigenvalue weighted by Gasteiger charge is 2.10. The number of hydrogen-bond donors (Lipinski definition) is 3. The second-order valence-corrected chi connectivity index (χ2v) is 6.70. The lowest BCUT2D eigenvalue weighted by Gasteiger charge is -2.11. The number of aromatic nitrogens is 3. The van der Waals surface area contributed by atoms with E-state index in [0.29, 0.717) is 21.7 Å². The predicted octanol–water partition coefficient (Wildman–Crippen LogP) is 3.18. The minimum absolute atomic E-state index is 0.203. The van der Waals surface area contributed by atoms with Crippen molar-refractivity contribution in [2.45, 2.75) is 32.3 Å². The van der Waals surface area contributed by atoms with Crippen molar-refractivity contribution in [2.75, 3.05) is 18.5 Å². The number of halogens is 1. The highest BCUT2D eigenvalue weighted by molar-refractivity contribution is 6.34. The second-order valence-electron chi connectivity index (χ2n) is 6.30. The van der Waals surface area contributed by atoms with Crippen LogP contribution in [0.2, 0.25) is 5.02 Å². The van der Waals surface area contributed by atoms with Crippen molar-refractivity contribution < 1.29 is 10.2 Å². The van der Waals surface area contributed by atoms with Crippen molar-refractivity contribution in [2.24, 2.45) is 0 Å². The molecule has 0 fully saturated rings. The summed E-state index contributed by atoms with van der Waals surface area (Å²) < 4.78 is 0. The molecule has 1 atom stereocenters. The van der Waals surface area contributed by atoms with Gasteiger partial charge in [0.15, 0.2) is 0 Å². The van der Waals surface area contributed by atoms with Crippen molar-refractivity contribution in [3.8, 4) is 5.69 Å². The normalized spacial score (nSPS) is 12.5. The van der Waals surface area contributed by atoms with Gasteiger partial charge in [-0.25, -0.2) is 0 Å². The highest BCUT2D eigenvalue weighted by Crippen LogP contribution is 2.27. The van der Waals surface area contributed by atoms with Crippen LogP contribution in [0.3, 0.4) is 0 Å². The third kappa shape index (κ3) is 4.33. The van der Waals surface area contributed by atoms with Gasteiger partial charge in [-0.2, -0.15) is 4.80 Å². The zero-order chi connectivity index (χ0) is 18.5. The van der Waals surface area contributed by atoms with Crippen LogP contribution >= 0.6 is 11.6 Å². The smallest absolute Gasteiger partial charge is 0.115 e. The summed E-state index contributed by atoms with van der Waals surface area (Å²) in [6, 6.07) is 11.8. The van der Waals surface area contributed by atoms with Gasteiger partial charge in [-0.05, 0) is 42.7 Å². The third-order valence-electron chi connectivity index (χ3n) is 4.19. The fourth-order valence-corrected chi connectivity index (χ4v) is 2.88. The molecule has 1 unspecified atom stereocenters. The molecule has 138 valence electrons. The van der Waals surface area contributed by atoms with Gasteiger partial charge in [0.05, 0.1) is 29.1 Å². The predicted molar refractivity (Wildman–Crippen MR) is 104 cm³/mol. The van der Waals surface area contributed by atoms with Crippen LogP contribution < -0.4 is 5.32 Å². The first kappa shape index (κ1) is 18.6. The molecule has 0 aliphatic heterocycles. The first-order valence-corrected chi connectivity index (χ1v) is 9.17. The minimum Gasteiger partial charge on any atom is -0.394 e. The summed E-state index contributed by atoms with van der Waals surface area (Å²) >= 11 is 6.27. The van der Waals surface area contributed by atoms with Crippen LogP contribution in [-0.4, -0.2) is 44.5 Å². The minimum atomic E-state index is -0.844. The van der Waals surface area contributed by atoms with Gasteiger partial charge in [-0.15, -0.1) is 10.2 Å². The Hall–Kier alpha value is -2.15. The molecule has 26 heavy (non-hydrogen) atoms. The summed E-state index contributed by atoms with van der Waals surface area (Å²) in [6.07, 6.45) is 2.60. The van der Waals surface area contributed by atoms with Crippen LogP contribution in [0.1, 0.15) is 25.3 Å². The number of fused-ring (bicyclic) bond motifs is 1. The lowest BCUT2D eigenvalue weighted by Crippen LogP contribution is -2.23. The molecule has 0 saturated heterocycles. The zero-order valence-electron chi connectivity index (χ0n) is 14.7. The molecule has 1 heterocycles. The van der Waals surface area contributed by atoms with E-state index in [2.05, 4.69) is 34.6 Å². The van der Waals surface area contributed by atoms with Crippen molar-refractivity contribution in [3.63, 3.8) is 0 Å². The fourth-order valence-electron chi connectivity index (χ4n) is 2.66. The summed E-state index contributed by atoms with van der Waals surface area (Å²) in [6.45, 7) is 2.08. The number of nitrogens with zero attached hydrogens (tertiary/aromatic N) is 3. The lowest BCUT2D eigenvalue weighted by molar-refractivity contribution is 0.105. The molecule has 0 radical (unpaired) electrons. The monoisotopic (exact) mass is 374 g/mol. The van der Waals surface area contributed by atoms with Crippen molar-refractivity contribution in [3.05, 3.63) is 47.0 Å². The number of aliphatic hydroxyl groups is 2. The Morgan fingerprint density at radius 3 is 2.50 bits per heavy atom. The number of anilines is 1. The molecule has 0 saturated carbocycles. The lowest BCUT2D eigenvalue weighted by atomic mass is 10.1. The van der Waals surface area contributed by atoms with Crippen LogP contribution in [-0.2, 0) is 6.42 Å². The topological polar surface area (TPSA) is 83.2 Å². The summed E-state index contributed by atoms with van der Waals surface area (Å²) in [5.41, 5.74) is 4.24. The second kappa shape index (κ2) is 8.49. The maximum atomic E-state index is 9.46. The van der Waals surface area contributed by atoms with E-state index in [1.165, 1.54) is 18.4 Å². The Morgan fingerprint density at radius 1 is 1.15 bits per heavy atom. The van der Waals surface area contributed by atoms with Gasteiger partial charge in [0.2, 0.25) is 0 Å². The van der Waals surface area contributed by atoms with Crippen LogP contribution in [0.25, 0.3) is 16.7 Å². The van der Waals surface area contributed by atoms with Gasteiger partial charge in [0.1, 0.15) is 11.0 Å². The van der Waals surface area contributed by atoms with Crippen LogP contribution in [0.5, 0.6) is 0 Å². The summed E-state index contributed by atoms with van der Waals surface area (Å²) in [5, 5.41) is 30.9. The van der Waals surface area contributed by atoms with Crippen molar-refractivity contribution in [1.29, 1.82) is 0 Å². The molecule has 7 heteroatoms. The molecule has 6 nitrogen and oxygen atoms in total. The third-order valence-corrected chi connectivity index (χ3v) is 4.51. The highest BCUT2D eigenvalue weighted by atomic mass is 35.5. The number of aliphatic hydroxyl groups excluding tert-OH is 2. The van der Waals surface area contributed by atoms with Crippen molar-refractivity contribution >= 4 is 28.3 Å². The van der Waals surface area contributed by atoms with Gasteiger partial charge in [0, 0.05) is 6.54 Å². The molecule has 0 amide bonds. The van der Waals surface area contributed by atoms with E-state index in [-0.39, 0.29) is 13.2 Å². The number of hydrogen-bond acceptors (Lipinski definition) is 5. The van der Waals surface area contributed by atoms with Crippen molar-refractivity contribution in [1.82, 2.24) is 15.0 Å². The molecular weight excluding hydrogens is 352 g/mol. The molecule has 3 aromatic rings. The van der Waals surface area contributed by atoms with Gasteiger partial charge >= 0.3 is 0 Å². The molecular formula is C19H23ClN4O2. The SMILES string of the molecule is CCCCc1ccc(-n2nc3cc(Cl)c(NCC(O)CO)cc3n2)cc1. The number of aryl methyl sites for hydroxylation is 1. The van der Waals surface area contributed by atoms with E-state index < -0.39 is 6.10 Å². The van der Waals surface area contributed by atoms with Crippen LogP contribution in [0.4, 0.5) is 5.69 Å². The number of benzene rings is 2. The Balaban J connectivity index is 1.82. The average molecular weight is 375 g/mol. The molecule has 0 aliphatic carbocycles. The average Bonchev–Trinajstić information content (AvgIpc) is 3.07. The molecule has 0 spiro atoms. The van der Waals surface area contributed by atoms with Gasteiger partial charge in [0.25, 0.3) is 0 Å². The maximum Gasteiger partial charge on any atom is 0.115 e. The first-order valence-electron chi connectivity index (χ1n) is 8.79. The van der Waals surface area contributed by atoms with Gasteiger partial charge in [-0.3, -0.25) is 0 Å². The van der Waals surface area contributed by atoms with E-state index in [0.717, 1.165) is 12.1 Å². The Bertz CT molecular complexity index is 864. The zero-order valence-corrected chi connectivity index (χ0v) is 15.4. The van der Waals surface area contributed by atoms with Crippen LogP contribution in [0, 0.1) is 0 Å². The van der Waals surface area contributed by atoms with E-state index >= 15 is 0 Å². The first-order chi connectivity index (χ1) is 12.6. The number of rotatable bonds is 8. The Kier molecular flexibility index (Phi) is 6.08. The fraction of sp³-hybridized carbons (Fsp3) is 0.368. The van der Waals surface area contributed by atoms with E-state index in [4.69, 9.17) is 16.7 Å². The number of unbranched alkanes of at least 4 members (excludes halogenated alkanes) is 1. The molecule has 0 aliphatic rings. The molecule has 3 N–H and O–H groups in total.